The summed E-state index contributed by atoms with van der Waals surface area (Å²) in [6, 6.07) is 11.2. The van der Waals surface area contributed by atoms with E-state index in [0.29, 0.717) is 17.1 Å². The van der Waals surface area contributed by atoms with Crippen LogP contribution in [0.3, 0.4) is 0 Å². The Morgan fingerprint density at radius 2 is 1.78 bits per heavy atom. The summed E-state index contributed by atoms with van der Waals surface area (Å²) in [7, 11) is 0. The van der Waals surface area contributed by atoms with Crippen LogP contribution in [0.25, 0.3) is 5.82 Å². The fourth-order valence-electron chi connectivity index (χ4n) is 3.00. The van der Waals surface area contributed by atoms with Gasteiger partial charge in [-0.3, -0.25) is 14.2 Å². The second-order valence-corrected chi connectivity index (χ2v) is 6.66. The highest BCUT2D eigenvalue weighted by Gasteiger charge is 2.19. The molecule has 0 saturated heterocycles. The lowest BCUT2D eigenvalue weighted by atomic mass is 10.1. The molecule has 140 valence electrons. The summed E-state index contributed by atoms with van der Waals surface area (Å²) >= 11 is 0. The molecule has 0 unspecified atom stereocenters. The van der Waals surface area contributed by atoms with Crippen LogP contribution in [0.2, 0.25) is 0 Å². The molecule has 0 spiro atoms. The molecular formula is C21H22N2O4. The van der Waals surface area contributed by atoms with Gasteiger partial charge >= 0.3 is 5.97 Å². The van der Waals surface area contributed by atoms with Crippen molar-refractivity contribution in [2.45, 2.75) is 34.1 Å². The zero-order chi connectivity index (χ0) is 19.6. The van der Waals surface area contributed by atoms with Crippen molar-refractivity contribution >= 4 is 11.8 Å². The van der Waals surface area contributed by atoms with E-state index in [4.69, 9.17) is 9.26 Å². The zero-order valence-corrected chi connectivity index (χ0v) is 15.9. The van der Waals surface area contributed by atoms with Gasteiger partial charge in [0, 0.05) is 23.0 Å². The van der Waals surface area contributed by atoms with E-state index in [9.17, 15) is 9.59 Å². The molecule has 0 saturated carbocycles. The van der Waals surface area contributed by atoms with Crippen molar-refractivity contribution in [3.8, 4) is 5.82 Å². The van der Waals surface area contributed by atoms with Crippen LogP contribution in [0.5, 0.6) is 0 Å². The van der Waals surface area contributed by atoms with E-state index in [2.05, 4.69) is 5.16 Å². The van der Waals surface area contributed by atoms with Crippen molar-refractivity contribution in [3.05, 3.63) is 70.2 Å². The Balaban J connectivity index is 1.66. The van der Waals surface area contributed by atoms with Crippen molar-refractivity contribution in [2.75, 3.05) is 6.61 Å². The summed E-state index contributed by atoms with van der Waals surface area (Å²) in [5.74, 6) is 0.647. The molecule has 0 fully saturated rings. The van der Waals surface area contributed by atoms with Gasteiger partial charge in [0.05, 0.1) is 6.42 Å². The first-order chi connectivity index (χ1) is 12.8. The number of ether oxygens (including phenoxy) is 1. The fourth-order valence-corrected chi connectivity index (χ4v) is 3.00. The van der Waals surface area contributed by atoms with Crippen LogP contribution >= 0.6 is 0 Å². The molecule has 1 aromatic carbocycles. The lowest BCUT2D eigenvalue weighted by Crippen LogP contribution is -2.16. The number of rotatable bonds is 6. The van der Waals surface area contributed by atoms with Crippen LogP contribution in [0.1, 0.15) is 38.6 Å². The molecule has 6 heteroatoms. The van der Waals surface area contributed by atoms with E-state index in [1.54, 1.807) is 12.1 Å². The van der Waals surface area contributed by atoms with E-state index in [0.717, 1.165) is 22.5 Å². The van der Waals surface area contributed by atoms with Crippen molar-refractivity contribution in [2.24, 2.45) is 0 Å². The Morgan fingerprint density at radius 3 is 2.41 bits per heavy atom. The number of aryl methyl sites for hydroxylation is 3. The molecule has 0 aliphatic carbocycles. The first-order valence-electron chi connectivity index (χ1n) is 8.72. The van der Waals surface area contributed by atoms with Gasteiger partial charge < -0.3 is 9.26 Å². The third kappa shape index (κ3) is 4.16. The van der Waals surface area contributed by atoms with Crippen LogP contribution in [0.4, 0.5) is 0 Å². The quantitative estimate of drug-likeness (QED) is 0.491. The summed E-state index contributed by atoms with van der Waals surface area (Å²) in [6.07, 6.45) is 0.144. The summed E-state index contributed by atoms with van der Waals surface area (Å²) in [4.78, 5) is 24.5. The van der Waals surface area contributed by atoms with Crippen LogP contribution in [-0.4, -0.2) is 28.1 Å². The molecule has 0 atom stereocenters. The highest BCUT2D eigenvalue weighted by molar-refractivity contribution is 5.99. The molecule has 27 heavy (non-hydrogen) atoms. The van der Waals surface area contributed by atoms with Gasteiger partial charge in [0.2, 0.25) is 5.78 Å². The molecule has 0 bridgehead atoms. The van der Waals surface area contributed by atoms with E-state index in [-0.39, 0.29) is 18.8 Å². The molecule has 0 amide bonds. The van der Waals surface area contributed by atoms with Crippen molar-refractivity contribution in [3.63, 3.8) is 0 Å². The Kier molecular flexibility index (Phi) is 5.26. The number of aromatic nitrogens is 2. The smallest absolute Gasteiger partial charge is 0.310 e. The minimum Gasteiger partial charge on any atom is -0.457 e. The average Bonchev–Trinajstić information content (AvgIpc) is 3.17. The number of ketones is 1. The summed E-state index contributed by atoms with van der Waals surface area (Å²) in [6.45, 7) is 7.23. The molecule has 2 aromatic heterocycles. The fraction of sp³-hybridized carbons (Fsp3) is 0.286. The number of carbonyl (C=O) groups excluding carboxylic acids is 2. The number of carbonyl (C=O) groups is 2. The number of hydrogen-bond acceptors (Lipinski definition) is 5. The Morgan fingerprint density at radius 1 is 1.07 bits per heavy atom. The lowest BCUT2D eigenvalue weighted by molar-refractivity contribution is -0.141. The monoisotopic (exact) mass is 366 g/mol. The number of esters is 1. The van der Waals surface area contributed by atoms with E-state index in [1.165, 1.54) is 0 Å². The van der Waals surface area contributed by atoms with Gasteiger partial charge in [0.15, 0.2) is 12.4 Å². The maximum atomic E-state index is 12.5. The molecule has 0 radical (unpaired) electrons. The lowest BCUT2D eigenvalue weighted by Gasteiger charge is -2.06. The molecule has 0 aliphatic heterocycles. The van der Waals surface area contributed by atoms with Crippen LogP contribution in [0, 0.1) is 27.7 Å². The van der Waals surface area contributed by atoms with Crippen LogP contribution in [-0.2, 0) is 16.0 Å². The summed E-state index contributed by atoms with van der Waals surface area (Å²) < 4.78 is 12.1. The molecule has 3 aromatic rings. The van der Waals surface area contributed by atoms with Crippen molar-refractivity contribution in [1.29, 1.82) is 0 Å². The number of Topliss-reactive ketones (excluding diaryl/α,β-unsaturated/α-hetero) is 1. The third-order valence-corrected chi connectivity index (χ3v) is 4.41. The molecular weight excluding hydrogens is 344 g/mol. The second kappa shape index (κ2) is 7.61. The third-order valence-electron chi connectivity index (χ3n) is 4.41. The Bertz CT molecular complexity index is 980. The maximum Gasteiger partial charge on any atom is 0.310 e. The first-order valence-corrected chi connectivity index (χ1v) is 8.72. The van der Waals surface area contributed by atoms with Crippen LogP contribution < -0.4 is 0 Å². The molecule has 2 heterocycles. The van der Waals surface area contributed by atoms with Gasteiger partial charge in [-0.05, 0) is 39.3 Å². The van der Waals surface area contributed by atoms with Gasteiger partial charge in [-0.1, -0.05) is 35.0 Å². The highest BCUT2D eigenvalue weighted by atomic mass is 16.5. The summed E-state index contributed by atoms with van der Waals surface area (Å²) in [5, 5.41) is 4.00. The summed E-state index contributed by atoms with van der Waals surface area (Å²) in [5.41, 5.74) is 4.09. The van der Waals surface area contributed by atoms with E-state index in [1.807, 2.05) is 56.5 Å². The number of nitrogens with zero attached hydrogens (tertiary/aromatic N) is 2. The maximum absolute atomic E-state index is 12.5. The average molecular weight is 366 g/mol. The number of benzene rings is 1. The Labute approximate surface area is 157 Å². The molecule has 3 rings (SSSR count). The molecule has 0 aliphatic rings. The predicted octanol–water partition coefficient (Wildman–Crippen LogP) is 3.67. The minimum absolute atomic E-state index is 0.144. The van der Waals surface area contributed by atoms with Crippen LogP contribution in [0.15, 0.2) is 40.9 Å². The second-order valence-electron chi connectivity index (χ2n) is 6.66. The topological polar surface area (TPSA) is 74.3 Å². The van der Waals surface area contributed by atoms with Crippen molar-refractivity contribution < 1.29 is 18.8 Å². The van der Waals surface area contributed by atoms with Gasteiger partial charge in [-0.25, -0.2) is 0 Å². The standard InChI is InChI=1S/C21H22N2O4/c1-13-5-7-17(8-6-13)11-21(25)26-12-19(24)18-9-14(2)23(16(18)4)20-10-15(3)27-22-20/h5-10H,11-12H2,1-4H3. The SMILES string of the molecule is Cc1ccc(CC(=O)OCC(=O)c2cc(C)n(-c3cc(C)on3)c2C)cc1. The predicted molar refractivity (Wildman–Crippen MR) is 100 cm³/mol. The van der Waals surface area contributed by atoms with Crippen molar-refractivity contribution in [1.82, 2.24) is 9.72 Å². The van der Waals surface area contributed by atoms with Gasteiger partial charge in [-0.2, -0.15) is 0 Å². The van der Waals surface area contributed by atoms with Gasteiger partial charge in [-0.15, -0.1) is 0 Å². The van der Waals surface area contributed by atoms with E-state index >= 15 is 0 Å². The zero-order valence-electron chi connectivity index (χ0n) is 15.9. The van der Waals surface area contributed by atoms with Gasteiger partial charge in [0.1, 0.15) is 5.76 Å². The Hall–Kier alpha value is -3.15. The first kappa shape index (κ1) is 18.6. The molecule has 6 nitrogen and oxygen atoms in total. The van der Waals surface area contributed by atoms with Gasteiger partial charge in [0.25, 0.3) is 0 Å². The molecule has 0 N–H and O–H groups in total. The van der Waals surface area contributed by atoms with E-state index < -0.39 is 5.97 Å². The number of hydrogen-bond donors (Lipinski definition) is 0. The largest absolute Gasteiger partial charge is 0.457 e. The normalized spacial score (nSPS) is 10.8. The minimum atomic E-state index is -0.423. The highest BCUT2D eigenvalue weighted by Crippen LogP contribution is 2.21.